The highest BCUT2D eigenvalue weighted by Crippen LogP contribution is 2.29. The summed E-state index contributed by atoms with van der Waals surface area (Å²) in [5, 5.41) is 3.11. The molecule has 0 amide bonds. The number of para-hydroxylation sites is 1. The minimum atomic E-state index is -0.679. The van der Waals surface area contributed by atoms with Crippen LogP contribution < -0.4 is 5.32 Å². The maximum Gasteiger partial charge on any atom is 0.342 e. The number of aryl methyl sites for hydroxylation is 1. The molecule has 1 heterocycles. The smallest absolute Gasteiger partial charge is 0.342 e. The summed E-state index contributed by atoms with van der Waals surface area (Å²) < 4.78 is 9.77. The molecular formula is C22H20N2O4. The van der Waals surface area contributed by atoms with E-state index in [2.05, 4.69) is 10.3 Å². The summed E-state index contributed by atoms with van der Waals surface area (Å²) in [6.07, 6.45) is 0. The molecule has 0 spiro atoms. The van der Waals surface area contributed by atoms with E-state index in [-0.39, 0.29) is 16.9 Å². The average Bonchev–Trinajstić information content (AvgIpc) is 2.73. The molecule has 3 aromatic rings. The van der Waals surface area contributed by atoms with E-state index in [4.69, 9.17) is 9.47 Å². The Balaban J connectivity index is 2.22. The summed E-state index contributed by atoms with van der Waals surface area (Å²) in [5.41, 5.74) is 3.27. The molecule has 0 fully saturated rings. The van der Waals surface area contributed by atoms with Crippen LogP contribution in [0, 0.1) is 6.92 Å². The fraction of sp³-hybridized carbons (Fsp3) is 0.136. The summed E-state index contributed by atoms with van der Waals surface area (Å²) in [4.78, 5) is 29.5. The zero-order valence-corrected chi connectivity index (χ0v) is 15.9. The van der Waals surface area contributed by atoms with Crippen molar-refractivity contribution in [2.75, 3.05) is 19.5 Å². The summed E-state index contributed by atoms with van der Waals surface area (Å²) in [5.74, 6) is -1.11. The predicted octanol–water partition coefficient (Wildman–Crippen LogP) is 4.37. The predicted molar refractivity (Wildman–Crippen MR) is 107 cm³/mol. The molecule has 28 heavy (non-hydrogen) atoms. The number of ether oxygens (including phenoxy) is 2. The number of methoxy groups -OCH3 is 2. The van der Waals surface area contributed by atoms with Crippen molar-refractivity contribution in [2.24, 2.45) is 0 Å². The molecule has 0 unspecified atom stereocenters. The molecule has 0 saturated carbocycles. The molecule has 0 aliphatic heterocycles. The van der Waals surface area contributed by atoms with Crippen LogP contribution >= 0.6 is 0 Å². The first-order valence-corrected chi connectivity index (χ1v) is 8.64. The molecule has 1 N–H and O–H groups in total. The van der Waals surface area contributed by atoms with Crippen LogP contribution in [0.1, 0.15) is 26.3 Å². The van der Waals surface area contributed by atoms with Crippen molar-refractivity contribution < 1.29 is 19.1 Å². The van der Waals surface area contributed by atoms with Crippen LogP contribution in [0.4, 0.5) is 11.5 Å². The molecule has 0 radical (unpaired) electrons. The highest BCUT2D eigenvalue weighted by atomic mass is 16.5. The molecule has 0 aliphatic carbocycles. The number of carbonyl (C=O) groups is 2. The molecule has 3 rings (SSSR count). The molecule has 0 bridgehead atoms. The molecule has 0 atom stereocenters. The highest BCUT2D eigenvalue weighted by molar-refractivity contribution is 6.07. The summed E-state index contributed by atoms with van der Waals surface area (Å²) in [6, 6.07) is 18.5. The quantitative estimate of drug-likeness (QED) is 0.666. The Labute approximate surface area is 163 Å². The topological polar surface area (TPSA) is 77.5 Å². The van der Waals surface area contributed by atoms with E-state index in [1.165, 1.54) is 14.2 Å². The Morgan fingerprint density at radius 2 is 1.54 bits per heavy atom. The lowest BCUT2D eigenvalue weighted by Crippen LogP contribution is -2.16. The van der Waals surface area contributed by atoms with Crippen LogP contribution in [-0.4, -0.2) is 31.1 Å². The van der Waals surface area contributed by atoms with Crippen LogP contribution in [0.15, 0.2) is 60.7 Å². The van der Waals surface area contributed by atoms with Crippen LogP contribution in [0.25, 0.3) is 11.3 Å². The van der Waals surface area contributed by atoms with Gasteiger partial charge in [0, 0.05) is 11.3 Å². The second-order valence-electron chi connectivity index (χ2n) is 6.12. The first kappa shape index (κ1) is 19.1. The van der Waals surface area contributed by atoms with Gasteiger partial charge < -0.3 is 14.8 Å². The standard InChI is InChI=1S/C22H20N2O4/c1-14-9-11-15(12-10-14)18-13-17(21(25)27-2)19(22(26)28-3)20(24-18)23-16-7-5-4-6-8-16/h4-13H,1-3H3,(H,23,24). The third kappa shape index (κ3) is 4.01. The van der Waals surface area contributed by atoms with Gasteiger partial charge in [-0.25, -0.2) is 14.6 Å². The van der Waals surface area contributed by atoms with Crippen LogP contribution in [0.3, 0.4) is 0 Å². The van der Waals surface area contributed by atoms with Crippen molar-refractivity contribution in [1.82, 2.24) is 4.98 Å². The molecule has 6 heteroatoms. The largest absolute Gasteiger partial charge is 0.465 e. The maximum atomic E-state index is 12.4. The van der Waals surface area contributed by atoms with Gasteiger partial charge in [-0.15, -0.1) is 0 Å². The van der Waals surface area contributed by atoms with Crippen LogP contribution in [0.5, 0.6) is 0 Å². The van der Waals surface area contributed by atoms with Gasteiger partial charge >= 0.3 is 11.9 Å². The summed E-state index contributed by atoms with van der Waals surface area (Å²) in [6.45, 7) is 1.99. The van der Waals surface area contributed by atoms with Gasteiger partial charge in [0.05, 0.1) is 25.5 Å². The highest BCUT2D eigenvalue weighted by Gasteiger charge is 2.25. The Hall–Kier alpha value is -3.67. The van der Waals surface area contributed by atoms with E-state index in [0.717, 1.165) is 16.8 Å². The molecule has 0 aliphatic rings. The molecule has 142 valence electrons. The Morgan fingerprint density at radius 3 is 2.14 bits per heavy atom. The second-order valence-corrected chi connectivity index (χ2v) is 6.12. The minimum absolute atomic E-state index is 0.0223. The minimum Gasteiger partial charge on any atom is -0.465 e. The number of carbonyl (C=O) groups excluding carboxylic acids is 2. The first-order valence-electron chi connectivity index (χ1n) is 8.64. The molecule has 6 nitrogen and oxygen atoms in total. The van der Waals surface area contributed by atoms with Crippen molar-refractivity contribution in [3.05, 3.63) is 77.4 Å². The number of anilines is 2. The Morgan fingerprint density at radius 1 is 0.893 bits per heavy atom. The van der Waals surface area contributed by atoms with Crippen molar-refractivity contribution in [3.63, 3.8) is 0 Å². The van der Waals surface area contributed by atoms with E-state index in [1.54, 1.807) is 6.07 Å². The van der Waals surface area contributed by atoms with Gasteiger partial charge in [0.15, 0.2) is 0 Å². The van der Waals surface area contributed by atoms with E-state index in [0.29, 0.717) is 5.69 Å². The lowest BCUT2D eigenvalue weighted by molar-refractivity contribution is 0.0555. The number of aromatic nitrogens is 1. The van der Waals surface area contributed by atoms with Crippen molar-refractivity contribution in [2.45, 2.75) is 6.92 Å². The van der Waals surface area contributed by atoms with Crippen molar-refractivity contribution >= 4 is 23.4 Å². The number of benzene rings is 2. The lowest BCUT2D eigenvalue weighted by atomic mass is 10.0. The molecule has 1 aromatic heterocycles. The van der Waals surface area contributed by atoms with Crippen LogP contribution in [0.2, 0.25) is 0 Å². The zero-order valence-electron chi connectivity index (χ0n) is 15.9. The van der Waals surface area contributed by atoms with Gasteiger partial charge in [-0.2, -0.15) is 0 Å². The number of nitrogens with zero attached hydrogens (tertiary/aromatic N) is 1. The SMILES string of the molecule is COC(=O)c1cc(-c2ccc(C)cc2)nc(Nc2ccccc2)c1C(=O)OC. The third-order valence-electron chi connectivity index (χ3n) is 4.20. The third-order valence-corrected chi connectivity index (χ3v) is 4.20. The van der Waals surface area contributed by atoms with Gasteiger partial charge in [0.1, 0.15) is 11.4 Å². The Kier molecular flexibility index (Phi) is 5.69. The van der Waals surface area contributed by atoms with Gasteiger partial charge in [0.25, 0.3) is 0 Å². The number of esters is 2. The average molecular weight is 376 g/mol. The van der Waals surface area contributed by atoms with Gasteiger partial charge in [-0.05, 0) is 25.1 Å². The fourth-order valence-corrected chi connectivity index (χ4v) is 2.75. The van der Waals surface area contributed by atoms with Crippen molar-refractivity contribution in [1.29, 1.82) is 0 Å². The second kappa shape index (κ2) is 8.35. The number of hydrogen-bond acceptors (Lipinski definition) is 6. The van der Waals surface area contributed by atoms with E-state index in [9.17, 15) is 9.59 Å². The summed E-state index contributed by atoms with van der Waals surface area (Å²) in [7, 11) is 2.52. The van der Waals surface area contributed by atoms with E-state index in [1.807, 2.05) is 61.5 Å². The van der Waals surface area contributed by atoms with E-state index < -0.39 is 11.9 Å². The fourth-order valence-electron chi connectivity index (χ4n) is 2.75. The number of rotatable bonds is 5. The van der Waals surface area contributed by atoms with Gasteiger partial charge in [0.2, 0.25) is 0 Å². The molecule has 0 saturated heterocycles. The number of nitrogens with one attached hydrogen (secondary N) is 1. The first-order chi connectivity index (χ1) is 13.5. The monoisotopic (exact) mass is 376 g/mol. The Bertz CT molecular complexity index is 999. The van der Waals surface area contributed by atoms with Gasteiger partial charge in [-0.1, -0.05) is 48.0 Å². The van der Waals surface area contributed by atoms with E-state index >= 15 is 0 Å². The molecule has 2 aromatic carbocycles. The maximum absolute atomic E-state index is 12.4. The van der Waals surface area contributed by atoms with Gasteiger partial charge in [-0.3, -0.25) is 0 Å². The van der Waals surface area contributed by atoms with Crippen LogP contribution in [-0.2, 0) is 9.47 Å². The number of hydrogen-bond donors (Lipinski definition) is 1. The zero-order chi connectivity index (χ0) is 20.1. The lowest BCUT2D eigenvalue weighted by Gasteiger charge is -2.15. The summed E-state index contributed by atoms with van der Waals surface area (Å²) >= 11 is 0. The molecular weight excluding hydrogens is 356 g/mol. The normalized spacial score (nSPS) is 10.2. The van der Waals surface area contributed by atoms with Crippen molar-refractivity contribution in [3.8, 4) is 11.3 Å². The number of pyridine rings is 1.